The third-order valence-corrected chi connectivity index (χ3v) is 6.59. The number of halogens is 2. The maximum Gasteiger partial charge on any atom is 0.213 e. The van der Waals surface area contributed by atoms with E-state index in [1.165, 1.54) is 18.5 Å². The summed E-state index contributed by atoms with van der Waals surface area (Å²) in [6.45, 7) is 1.12. The number of phenolic OH excluding ortho intramolecular Hbond substituents is 1. The molecule has 0 fully saturated rings. The lowest BCUT2D eigenvalue weighted by Gasteiger charge is -2.15. The van der Waals surface area contributed by atoms with Crippen molar-refractivity contribution in [3.05, 3.63) is 65.7 Å². The zero-order valence-corrected chi connectivity index (χ0v) is 20.4. The highest BCUT2D eigenvalue weighted by Gasteiger charge is 2.19. The molecule has 0 amide bonds. The number of anilines is 2. The Morgan fingerprint density at radius 2 is 1.89 bits per heavy atom. The van der Waals surface area contributed by atoms with E-state index in [9.17, 15) is 17.9 Å². The SMILES string of the molecule is CNCCOc1ccc(Nc2c(S(C)(=O)=O)cnc3ccc(-c4cc(F)c(O)c(Cl)c4)cc23)cn1. The van der Waals surface area contributed by atoms with Crippen molar-refractivity contribution in [1.29, 1.82) is 0 Å². The van der Waals surface area contributed by atoms with E-state index in [1.807, 2.05) is 7.05 Å². The van der Waals surface area contributed by atoms with Crippen LogP contribution in [0.1, 0.15) is 0 Å². The third-order valence-electron chi connectivity index (χ3n) is 5.19. The summed E-state index contributed by atoms with van der Waals surface area (Å²) < 4.78 is 44.7. The van der Waals surface area contributed by atoms with Gasteiger partial charge in [-0.1, -0.05) is 17.7 Å². The lowest BCUT2D eigenvalue weighted by Crippen LogP contribution is -2.16. The van der Waals surface area contributed by atoms with Gasteiger partial charge in [0.25, 0.3) is 0 Å². The van der Waals surface area contributed by atoms with Gasteiger partial charge in [0, 0.05) is 30.4 Å². The van der Waals surface area contributed by atoms with Gasteiger partial charge in [-0.15, -0.1) is 0 Å². The van der Waals surface area contributed by atoms with Crippen molar-refractivity contribution in [2.75, 3.05) is 31.8 Å². The van der Waals surface area contributed by atoms with E-state index in [0.717, 1.165) is 12.3 Å². The van der Waals surface area contributed by atoms with E-state index in [2.05, 4.69) is 20.6 Å². The molecule has 8 nitrogen and oxygen atoms in total. The molecule has 0 spiro atoms. The Hall–Kier alpha value is -3.47. The summed E-state index contributed by atoms with van der Waals surface area (Å²) in [5.41, 5.74) is 2.32. The fourth-order valence-electron chi connectivity index (χ4n) is 3.44. The zero-order valence-electron chi connectivity index (χ0n) is 18.8. The topological polar surface area (TPSA) is 113 Å². The average molecular weight is 517 g/mol. The number of ether oxygens (including phenoxy) is 1. The summed E-state index contributed by atoms with van der Waals surface area (Å²) >= 11 is 5.95. The molecule has 0 aliphatic heterocycles. The van der Waals surface area contributed by atoms with Crippen LogP contribution in [-0.2, 0) is 9.84 Å². The number of hydrogen-bond acceptors (Lipinski definition) is 8. The number of benzene rings is 2. The van der Waals surface area contributed by atoms with Gasteiger partial charge in [-0.3, -0.25) is 4.98 Å². The second-order valence-corrected chi connectivity index (χ2v) is 10.1. The molecule has 0 saturated heterocycles. The molecule has 0 aliphatic carbocycles. The highest BCUT2D eigenvalue weighted by molar-refractivity contribution is 7.90. The van der Waals surface area contributed by atoms with Crippen molar-refractivity contribution >= 4 is 43.7 Å². The van der Waals surface area contributed by atoms with Crippen LogP contribution < -0.4 is 15.4 Å². The first-order valence-corrected chi connectivity index (χ1v) is 12.8. The highest BCUT2D eigenvalue weighted by Crippen LogP contribution is 2.37. The molecule has 11 heteroatoms. The molecule has 0 saturated carbocycles. The number of nitrogens with zero attached hydrogens (tertiary/aromatic N) is 2. The number of phenols is 1. The highest BCUT2D eigenvalue weighted by atomic mass is 35.5. The molecule has 2 heterocycles. The molecule has 0 unspecified atom stereocenters. The molecule has 2 aromatic carbocycles. The van der Waals surface area contributed by atoms with Crippen LogP contribution >= 0.6 is 11.6 Å². The minimum Gasteiger partial charge on any atom is -0.504 e. The lowest BCUT2D eigenvalue weighted by molar-refractivity contribution is 0.306. The molecule has 3 N–H and O–H groups in total. The van der Waals surface area contributed by atoms with Crippen LogP contribution in [-0.4, -0.2) is 49.9 Å². The summed E-state index contributed by atoms with van der Waals surface area (Å²) in [6, 6.07) is 11.1. The zero-order chi connectivity index (χ0) is 25.2. The number of aromatic nitrogens is 2. The van der Waals surface area contributed by atoms with Crippen molar-refractivity contribution in [3.63, 3.8) is 0 Å². The predicted octanol–water partition coefficient (Wildman–Crippen LogP) is 4.54. The standard InChI is InChI=1S/C24H22ClFN4O4S/c1-27-7-8-34-22-6-4-16(12-29-22)30-23-17-9-14(15-10-18(25)24(31)19(26)11-15)3-5-20(17)28-13-21(23)35(2,32)33/h3-6,9-13,27,31H,7-8H2,1-2H3,(H,28,30). The Labute approximate surface area is 206 Å². The minimum absolute atomic E-state index is 0.00795. The quantitative estimate of drug-likeness (QED) is 0.292. The van der Waals surface area contributed by atoms with Gasteiger partial charge < -0.3 is 20.5 Å². The first-order chi connectivity index (χ1) is 16.7. The average Bonchev–Trinajstić information content (AvgIpc) is 2.82. The molecular weight excluding hydrogens is 495 g/mol. The fourth-order valence-corrected chi connectivity index (χ4v) is 4.42. The van der Waals surface area contributed by atoms with Crippen LogP contribution in [0.5, 0.6) is 11.6 Å². The molecule has 0 aliphatic rings. The molecule has 4 rings (SSSR count). The van der Waals surface area contributed by atoms with Crippen LogP contribution in [0, 0.1) is 5.82 Å². The van der Waals surface area contributed by atoms with Crippen molar-refractivity contribution in [2.24, 2.45) is 0 Å². The number of aromatic hydroxyl groups is 1. The van der Waals surface area contributed by atoms with Crippen LogP contribution in [0.2, 0.25) is 5.02 Å². The Morgan fingerprint density at radius 3 is 2.54 bits per heavy atom. The molecule has 0 radical (unpaired) electrons. The van der Waals surface area contributed by atoms with E-state index in [4.69, 9.17) is 16.3 Å². The van der Waals surface area contributed by atoms with Gasteiger partial charge in [-0.2, -0.15) is 0 Å². The fraction of sp³-hybridized carbons (Fsp3) is 0.167. The van der Waals surface area contributed by atoms with Crippen molar-refractivity contribution in [3.8, 4) is 22.8 Å². The van der Waals surface area contributed by atoms with Crippen molar-refractivity contribution in [2.45, 2.75) is 4.90 Å². The maximum atomic E-state index is 14.1. The van der Waals surface area contributed by atoms with E-state index in [-0.39, 0.29) is 9.92 Å². The number of pyridine rings is 2. The maximum absolute atomic E-state index is 14.1. The van der Waals surface area contributed by atoms with Gasteiger partial charge in [-0.05, 0) is 48.5 Å². The van der Waals surface area contributed by atoms with Crippen LogP contribution in [0.3, 0.4) is 0 Å². The van der Waals surface area contributed by atoms with Gasteiger partial charge >= 0.3 is 0 Å². The second kappa shape index (κ2) is 10.0. The summed E-state index contributed by atoms with van der Waals surface area (Å²) in [7, 11) is -1.84. The van der Waals surface area contributed by atoms with E-state index in [1.54, 1.807) is 30.3 Å². The van der Waals surface area contributed by atoms with Gasteiger partial charge in [0.2, 0.25) is 5.88 Å². The predicted molar refractivity (Wildman–Crippen MR) is 134 cm³/mol. The van der Waals surface area contributed by atoms with E-state index < -0.39 is 21.4 Å². The monoisotopic (exact) mass is 516 g/mol. The number of sulfone groups is 1. The van der Waals surface area contributed by atoms with Crippen LogP contribution in [0.15, 0.2) is 59.8 Å². The Balaban J connectivity index is 1.80. The first kappa shape index (κ1) is 24.6. The van der Waals surface area contributed by atoms with E-state index in [0.29, 0.717) is 52.4 Å². The number of rotatable bonds is 8. The molecular formula is C24H22ClFN4O4S. The Bertz CT molecular complexity index is 1470. The smallest absolute Gasteiger partial charge is 0.213 e. The molecule has 0 atom stereocenters. The third kappa shape index (κ3) is 5.45. The molecule has 2 aromatic heterocycles. The molecule has 35 heavy (non-hydrogen) atoms. The first-order valence-electron chi connectivity index (χ1n) is 10.5. The van der Waals surface area contributed by atoms with E-state index >= 15 is 0 Å². The van der Waals surface area contributed by atoms with Gasteiger partial charge in [-0.25, -0.2) is 17.8 Å². The Morgan fingerprint density at radius 1 is 1.09 bits per heavy atom. The second-order valence-electron chi connectivity index (χ2n) is 7.75. The number of hydrogen-bond donors (Lipinski definition) is 3. The van der Waals surface area contributed by atoms with Gasteiger partial charge in [0.05, 0.1) is 28.1 Å². The largest absolute Gasteiger partial charge is 0.504 e. The number of nitrogens with one attached hydrogen (secondary N) is 2. The summed E-state index contributed by atoms with van der Waals surface area (Å²) in [6.07, 6.45) is 3.92. The van der Waals surface area contributed by atoms with Crippen LogP contribution in [0.4, 0.5) is 15.8 Å². The summed E-state index contributed by atoms with van der Waals surface area (Å²) in [5.74, 6) is -1.07. The summed E-state index contributed by atoms with van der Waals surface area (Å²) in [4.78, 5) is 8.53. The summed E-state index contributed by atoms with van der Waals surface area (Å²) in [5, 5.41) is 16.1. The molecule has 0 bridgehead atoms. The van der Waals surface area contributed by atoms with Gasteiger partial charge in [0.1, 0.15) is 11.5 Å². The van der Waals surface area contributed by atoms with Crippen LogP contribution in [0.25, 0.3) is 22.0 Å². The van der Waals surface area contributed by atoms with Gasteiger partial charge in [0.15, 0.2) is 21.4 Å². The van der Waals surface area contributed by atoms with Crippen molar-refractivity contribution < 1.29 is 22.7 Å². The minimum atomic E-state index is -3.66. The Kier molecular flexibility index (Phi) is 7.06. The number of fused-ring (bicyclic) bond motifs is 1. The number of likely N-dealkylation sites (N-methyl/N-ethyl adjacent to an activating group) is 1. The normalized spacial score (nSPS) is 11.5. The molecule has 182 valence electrons. The lowest BCUT2D eigenvalue weighted by atomic mass is 10.0. The van der Waals surface area contributed by atoms with Crippen molar-refractivity contribution in [1.82, 2.24) is 15.3 Å². The molecule has 4 aromatic rings.